The summed E-state index contributed by atoms with van der Waals surface area (Å²) in [4.78, 5) is 13.4. The fourth-order valence-electron chi connectivity index (χ4n) is 4.17. The van der Waals surface area contributed by atoms with E-state index in [2.05, 4.69) is 5.32 Å². The van der Waals surface area contributed by atoms with Crippen LogP contribution in [0, 0.1) is 5.92 Å². The minimum absolute atomic E-state index is 0.00263. The number of carbonyl (C=O) groups excluding carboxylic acids is 1. The molecule has 1 N–H and O–H groups in total. The highest BCUT2D eigenvalue weighted by Gasteiger charge is 2.26. The molecule has 1 aliphatic rings. The van der Waals surface area contributed by atoms with E-state index in [1.54, 1.807) is 0 Å². The Kier molecular flexibility index (Phi) is 8.42. The first-order chi connectivity index (χ1) is 17.7. The Labute approximate surface area is 223 Å². The van der Waals surface area contributed by atoms with Crippen molar-refractivity contribution in [2.24, 2.45) is 5.92 Å². The molecule has 3 aromatic carbocycles. The summed E-state index contributed by atoms with van der Waals surface area (Å²) in [6.07, 6.45) is 0.798. The van der Waals surface area contributed by atoms with Gasteiger partial charge in [-0.05, 0) is 47.4 Å². The number of benzene rings is 3. The van der Waals surface area contributed by atoms with Crippen LogP contribution in [-0.4, -0.2) is 38.9 Å². The summed E-state index contributed by atoms with van der Waals surface area (Å²) >= 11 is 6.37. The van der Waals surface area contributed by atoms with E-state index in [9.17, 15) is 13.2 Å². The maximum Gasteiger partial charge on any atom is 0.253 e. The highest BCUT2D eigenvalue weighted by Crippen LogP contribution is 2.34. The van der Waals surface area contributed by atoms with E-state index in [1.165, 1.54) is 29.6 Å². The maximum absolute atomic E-state index is 13.4. The third kappa shape index (κ3) is 6.26. The summed E-state index contributed by atoms with van der Waals surface area (Å²) in [5.41, 5.74) is 1.81. The molecule has 0 radical (unpaired) electrons. The maximum atomic E-state index is 13.4. The summed E-state index contributed by atoms with van der Waals surface area (Å²) in [6, 6.07) is 18.8. The Bertz CT molecular complexity index is 1360. The van der Waals surface area contributed by atoms with Crippen molar-refractivity contribution in [3.63, 3.8) is 0 Å². The van der Waals surface area contributed by atoms with Gasteiger partial charge in [0.05, 0.1) is 34.7 Å². The quantitative estimate of drug-likeness (QED) is 0.409. The number of rotatable bonds is 8. The zero-order chi connectivity index (χ0) is 26.6. The van der Waals surface area contributed by atoms with E-state index in [0.717, 1.165) is 17.5 Å². The first-order valence-electron chi connectivity index (χ1n) is 12.2. The van der Waals surface area contributed by atoms with Crippen LogP contribution in [-0.2, 0) is 16.6 Å². The smallest absolute Gasteiger partial charge is 0.253 e. The van der Waals surface area contributed by atoms with Gasteiger partial charge in [-0.3, -0.25) is 4.79 Å². The molecule has 9 heteroatoms. The van der Waals surface area contributed by atoms with Gasteiger partial charge in [-0.15, -0.1) is 0 Å². The van der Waals surface area contributed by atoms with Gasteiger partial charge in [-0.2, -0.15) is 4.31 Å². The van der Waals surface area contributed by atoms with Crippen molar-refractivity contribution in [3.8, 4) is 11.5 Å². The molecule has 1 unspecified atom stereocenters. The average Bonchev–Trinajstić information content (AvgIpc) is 3.12. The molecule has 1 atom stereocenters. The highest BCUT2D eigenvalue weighted by molar-refractivity contribution is 7.89. The van der Waals surface area contributed by atoms with Crippen LogP contribution < -0.4 is 14.8 Å². The first kappa shape index (κ1) is 27.0. The van der Waals surface area contributed by atoms with Crippen molar-refractivity contribution in [1.82, 2.24) is 9.62 Å². The van der Waals surface area contributed by atoms with Gasteiger partial charge >= 0.3 is 0 Å². The summed E-state index contributed by atoms with van der Waals surface area (Å²) in [7, 11) is -2.35. The lowest BCUT2D eigenvalue weighted by molar-refractivity contribution is 0.0925. The molecular weight excluding hydrogens is 512 g/mol. The molecular formula is C28H31ClN2O5S. The van der Waals surface area contributed by atoms with Crippen molar-refractivity contribution in [2.75, 3.05) is 20.3 Å². The van der Waals surface area contributed by atoms with Gasteiger partial charge in [0.25, 0.3) is 5.91 Å². The Hall–Kier alpha value is -3.07. The fourth-order valence-corrected chi connectivity index (χ4v) is 5.56. The molecule has 0 saturated carbocycles. The predicted molar refractivity (Wildman–Crippen MR) is 144 cm³/mol. The van der Waals surface area contributed by atoms with Crippen LogP contribution in [0.1, 0.15) is 47.8 Å². The number of ether oxygens (including phenoxy) is 2. The van der Waals surface area contributed by atoms with E-state index >= 15 is 0 Å². The number of halogens is 1. The fraction of sp³-hybridized carbons (Fsp3) is 0.321. The molecule has 0 saturated heterocycles. The van der Waals surface area contributed by atoms with Crippen LogP contribution in [0.25, 0.3) is 0 Å². The minimum atomic E-state index is -3.86. The number of carbonyl (C=O) groups is 1. The number of amides is 1. The van der Waals surface area contributed by atoms with E-state index < -0.39 is 15.9 Å². The van der Waals surface area contributed by atoms with Crippen LogP contribution in [0.2, 0.25) is 5.02 Å². The predicted octanol–water partition coefficient (Wildman–Crippen LogP) is 5.45. The Morgan fingerprint density at radius 3 is 2.41 bits per heavy atom. The van der Waals surface area contributed by atoms with Gasteiger partial charge in [0, 0.05) is 20.0 Å². The number of hydrogen-bond acceptors (Lipinski definition) is 5. The van der Waals surface area contributed by atoms with Gasteiger partial charge in [0.1, 0.15) is 0 Å². The van der Waals surface area contributed by atoms with Crippen molar-refractivity contribution in [1.29, 1.82) is 0 Å². The van der Waals surface area contributed by atoms with E-state index in [1.807, 2.05) is 62.4 Å². The number of sulfonamides is 1. The highest BCUT2D eigenvalue weighted by atomic mass is 35.5. The molecule has 0 aliphatic carbocycles. The van der Waals surface area contributed by atoms with Crippen LogP contribution in [0.15, 0.2) is 71.6 Å². The van der Waals surface area contributed by atoms with Crippen LogP contribution in [0.4, 0.5) is 0 Å². The van der Waals surface area contributed by atoms with Crippen LogP contribution >= 0.6 is 11.6 Å². The molecule has 1 aliphatic heterocycles. The molecule has 1 amide bonds. The van der Waals surface area contributed by atoms with Gasteiger partial charge in [-0.25, -0.2) is 8.42 Å². The first-order valence-corrected chi connectivity index (χ1v) is 14.0. The van der Waals surface area contributed by atoms with E-state index in [-0.39, 0.29) is 34.0 Å². The van der Waals surface area contributed by atoms with E-state index in [0.29, 0.717) is 24.7 Å². The topological polar surface area (TPSA) is 84.9 Å². The van der Waals surface area contributed by atoms with Crippen molar-refractivity contribution in [3.05, 3.63) is 88.4 Å². The SMILES string of the molecule is CC(C)C(NC(=O)c1cc(S(=O)(=O)N(C)Cc2ccccc2)ccc1Cl)c1ccc2c(c1)OCCCO2. The van der Waals surface area contributed by atoms with Crippen molar-refractivity contribution >= 4 is 27.5 Å². The second-order valence-corrected chi connectivity index (χ2v) is 11.8. The number of fused-ring (bicyclic) bond motifs is 1. The average molecular weight is 543 g/mol. The van der Waals surface area contributed by atoms with Gasteiger partial charge in [0.2, 0.25) is 10.0 Å². The Morgan fingerprint density at radius 1 is 1.00 bits per heavy atom. The third-order valence-electron chi connectivity index (χ3n) is 6.22. The normalized spacial score (nSPS) is 14.3. The van der Waals surface area contributed by atoms with Crippen LogP contribution in [0.5, 0.6) is 11.5 Å². The zero-order valence-corrected chi connectivity index (χ0v) is 22.7. The van der Waals surface area contributed by atoms with Crippen LogP contribution in [0.3, 0.4) is 0 Å². The zero-order valence-electron chi connectivity index (χ0n) is 21.1. The minimum Gasteiger partial charge on any atom is -0.490 e. The third-order valence-corrected chi connectivity index (χ3v) is 8.35. The number of hydrogen-bond donors (Lipinski definition) is 1. The van der Waals surface area contributed by atoms with Crippen molar-refractivity contribution in [2.45, 2.75) is 37.8 Å². The van der Waals surface area contributed by atoms with E-state index in [4.69, 9.17) is 21.1 Å². The molecule has 4 rings (SSSR count). The lowest BCUT2D eigenvalue weighted by Crippen LogP contribution is -2.32. The standard InChI is InChI=1S/C28H31ClN2O5S/c1-19(2)27(21-10-13-25-26(16-21)36-15-7-14-35-25)30-28(32)23-17-22(11-12-24(23)29)37(33,34)31(3)18-20-8-5-4-6-9-20/h4-6,8-13,16-17,19,27H,7,14-15,18H2,1-3H3,(H,30,32). The Balaban J connectivity index is 1.58. The largest absolute Gasteiger partial charge is 0.490 e. The van der Waals surface area contributed by atoms with Gasteiger partial charge < -0.3 is 14.8 Å². The molecule has 0 fully saturated rings. The molecule has 1 heterocycles. The summed E-state index contributed by atoms with van der Waals surface area (Å²) in [5.74, 6) is 0.896. The molecule has 0 aromatic heterocycles. The molecule has 196 valence electrons. The van der Waals surface area contributed by atoms with Gasteiger partial charge in [0.15, 0.2) is 11.5 Å². The lowest BCUT2D eigenvalue weighted by Gasteiger charge is -2.24. The Morgan fingerprint density at radius 2 is 1.70 bits per heavy atom. The molecule has 7 nitrogen and oxygen atoms in total. The molecule has 0 bridgehead atoms. The van der Waals surface area contributed by atoms with Crippen molar-refractivity contribution < 1.29 is 22.7 Å². The summed E-state index contributed by atoms with van der Waals surface area (Å²) in [5, 5.41) is 3.20. The second kappa shape index (κ2) is 11.5. The number of nitrogens with zero attached hydrogens (tertiary/aromatic N) is 1. The summed E-state index contributed by atoms with van der Waals surface area (Å²) in [6.45, 7) is 5.34. The van der Waals surface area contributed by atoms with Gasteiger partial charge in [-0.1, -0.05) is 61.8 Å². The summed E-state index contributed by atoms with van der Waals surface area (Å²) < 4.78 is 39.3. The second-order valence-electron chi connectivity index (χ2n) is 9.34. The lowest BCUT2D eigenvalue weighted by atomic mass is 9.95. The molecule has 0 spiro atoms. The number of nitrogens with one attached hydrogen (secondary N) is 1. The monoisotopic (exact) mass is 542 g/mol. The molecule has 3 aromatic rings. The molecule has 37 heavy (non-hydrogen) atoms.